The standard InChI is InChI=1S/C15H21NO3/c1-11-10-13(5-6-14(11)15(18)19)16-8-3-2-4-12(16)7-9-17/h5-6,10,12,17H,2-4,7-9H2,1H3,(H,18,19). The lowest BCUT2D eigenvalue weighted by Gasteiger charge is -2.37. The largest absolute Gasteiger partial charge is 0.478 e. The van der Waals surface area contributed by atoms with Crippen molar-refractivity contribution in [3.63, 3.8) is 0 Å². The molecular formula is C15H21NO3. The summed E-state index contributed by atoms with van der Waals surface area (Å²) in [6.07, 6.45) is 4.23. The summed E-state index contributed by atoms with van der Waals surface area (Å²) in [4.78, 5) is 13.3. The van der Waals surface area contributed by atoms with Gasteiger partial charge in [-0.2, -0.15) is 0 Å². The third-order valence-electron chi connectivity index (χ3n) is 3.86. The summed E-state index contributed by atoms with van der Waals surface area (Å²) in [7, 11) is 0. The molecule has 104 valence electrons. The lowest BCUT2D eigenvalue weighted by Crippen LogP contribution is -2.40. The zero-order valence-corrected chi connectivity index (χ0v) is 11.3. The number of nitrogens with zero attached hydrogens (tertiary/aromatic N) is 1. The van der Waals surface area contributed by atoms with Gasteiger partial charge in [-0.25, -0.2) is 4.79 Å². The molecule has 19 heavy (non-hydrogen) atoms. The molecule has 4 heteroatoms. The van der Waals surface area contributed by atoms with Crippen molar-refractivity contribution in [3.8, 4) is 0 Å². The zero-order chi connectivity index (χ0) is 13.8. The summed E-state index contributed by atoms with van der Waals surface area (Å²) in [5, 5.41) is 18.2. The Bertz CT molecular complexity index is 457. The molecule has 1 heterocycles. The van der Waals surface area contributed by atoms with Gasteiger partial charge in [-0.1, -0.05) is 0 Å². The van der Waals surface area contributed by atoms with Crippen molar-refractivity contribution in [1.29, 1.82) is 0 Å². The van der Waals surface area contributed by atoms with E-state index in [1.165, 1.54) is 6.42 Å². The van der Waals surface area contributed by atoms with E-state index in [4.69, 9.17) is 10.2 Å². The van der Waals surface area contributed by atoms with Crippen molar-refractivity contribution >= 4 is 11.7 Å². The summed E-state index contributed by atoms with van der Waals surface area (Å²) in [6.45, 7) is 3.02. The van der Waals surface area contributed by atoms with Crippen molar-refractivity contribution in [2.45, 2.75) is 38.6 Å². The van der Waals surface area contributed by atoms with Crippen LogP contribution in [0.2, 0.25) is 0 Å². The lowest BCUT2D eigenvalue weighted by atomic mass is 9.98. The van der Waals surface area contributed by atoms with Crippen LogP contribution in [0.5, 0.6) is 0 Å². The van der Waals surface area contributed by atoms with E-state index in [0.717, 1.165) is 37.1 Å². The minimum atomic E-state index is -0.880. The van der Waals surface area contributed by atoms with Crippen LogP contribution < -0.4 is 4.90 Å². The number of hydrogen-bond acceptors (Lipinski definition) is 3. The van der Waals surface area contributed by atoms with E-state index >= 15 is 0 Å². The first-order valence-corrected chi connectivity index (χ1v) is 6.85. The van der Waals surface area contributed by atoms with Crippen LogP contribution in [-0.2, 0) is 0 Å². The number of carboxylic acid groups (broad SMARTS) is 1. The van der Waals surface area contributed by atoms with Gasteiger partial charge in [0.2, 0.25) is 0 Å². The molecule has 0 bridgehead atoms. The zero-order valence-electron chi connectivity index (χ0n) is 11.3. The van der Waals surface area contributed by atoms with Crippen LogP contribution in [0.25, 0.3) is 0 Å². The van der Waals surface area contributed by atoms with Crippen LogP contribution in [0.4, 0.5) is 5.69 Å². The molecule has 1 aromatic rings. The average molecular weight is 263 g/mol. The first-order valence-electron chi connectivity index (χ1n) is 6.85. The molecule has 4 nitrogen and oxygen atoms in total. The highest BCUT2D eigenvalue weighted by Crippen LogP contribution is 2.28. The van der Waals surface area contributed by atoms with Gasteiger partial charge < -0.3 is 15.1 Å². The Balaban J connectivity index is 2.24. The maximum Gasteiger partial charge on any atom is 0.335 e. The van der Waals surface area contributed by atoms with Gasteiger partial charge in [-0.3, -0.25) is 0 Å². The molecule has 0 spiro atoms. The van der Waals surface area contributed by atoms with E-state index in [1.54, 1.807) is 6.07 Å². The number of aromatic carboxylic acids is 1. The average Bonchev–Trinajstić information content (AvgIpc) is 2.39. The summed E-state index contributed by atoms with van der Waals surface area (Å²) < 4.78 is 0. The second-order valence-electron chi connectivity index (χ2n) is 5.16. The van der Waals surface area contributed by atoms with Gasteiger partial charge in [0.25, 0.3) is 0 Å². The van der Waals surface area contributed by atoms with E-state index in [-0.39, 0.29) is 6.61 Å². The summed E-state index contributed by atoms with van der Waals surface area (Å²) in [5.74, 6) is -0.880. The minimum Gasteiger partial charge on any atom is -0.478 e. The highest BCUT2D eigenvalue weighted by molar-refractivity contribution is 5.89. The van der Waals surface area contributed by atoms with Gasteiger partial charge in [0.1, 0.15) is 0 Å². The maximum atomic E-state index is 11.0. The van der Waals surface area contributed by atoms with Crippen molar-refractivity contribution in [1.82, 2.24) is 0 Å². The van der Waals surface area contributed by atoms with Crippen LogP contribution in [0.1, 0.15) is 41.6 Å². The first kappa shape index (κ1) is 13.9. The first-order chi connectivity index (χ1) is 9.13. The van der Waals surface area contributed by atoms with E-state index in [1.807, 2.05) is 19.1 Å². The number of aliphatic hydroxyl groups excluding tert-OH is 1. The second kappa shape index (κ2) is 6.06. The Kier molecular flexibility index (Phi) is 4.43. The molecule has 0 saturated carbocycles. The van der Waals surface area contributed by atoms with Gasteiger partial charge >= 0.3 is 5.97 Å². The number of rotatable bonds is 4. The molecule has 1 unspecified atom stereocenters. The normalized spacial score (nSPS) is 19.5. The van der Waals surface area contributed by atoms with Crippen LogP contribution in [0.3, 0.4) is 0 Å². The van der Waals surface area contributed by atoms with Crippen LogP contribution >= 0.6 is 0 Å². The number of benzene rings is 1. The van der Waals surface area contributed by atoms with Crippen LogP contribution in [0, 0.1) is 6.92 Å². The second-order valence-corrected chi connectivity index (χ2v) is 5.16. The summed E-state index contributed by atoms with van der Waals surface area (Å²) in [5.41, 5.74) is 2.22. The molecule has 0 aliphatic carbocycles. The monoisotopic (exact) mass is 263 g/mol. The SMILES string of the molecule is Cc1cc(N2CCCCC2CCO)ccc1C(=O)O. The molecule has 0 amide bonds. The number of aryl methyl sites for hydroxylation is 1. The molecule has 1 aromatic carbocycles. The van der Waals surface area contributed by atoms with Crippen LogP contribution in [0.15, 0.2) is 18.2 Å². The molecule has 1 atom stereocenters. The molecule has 2 rings (SSSR count). The number of carbonyl (C=O) groups is 1. The summed E-state index contributed by atoms with van der Waals surface area (Å²) >= 11 is 0. The number of carboxylic acids is 1. The Hall–Kier alpha value is -1.55. The van der Waals surface area contributed by atoms with Gasteiger partial charge in [0.05, 0.1) is 5.56 Å². The fourth-order valence-corrected chi connectivity index (χ4v) is 2.86. The number of anilines is 1. The predicted molar refractivity (Wildman–Crippen MR) is 74.8 cm³/mol. The highest BCUT2D eigenvalue weighted by atomic mass is 16.4. The van der Waals surface area contributed by atoms with Crippen molar-refractivity contribution < 1.29 is 15.0 Å². The van der Waals surface area contributed by atoms with E-state index in [9.17, 15) is 4.79 Å². The van der Waals surface area contributed by atoms with E-state index < -0.39 is 5.97 Å². The lowest BCUT2D eigenvalue weighted by molar-refractivity contribution is 0.0696. The van der Waals surface area contributed by atoms with Gasteiger partial charge in [-0.15, -0.1) is 0 Å². The molecule has 0 aromatic heterocycles. The predicted octanol–water partition coefficient (Wildman–Crippen LogP) is 2.43. The Morgan fingerprint density at radius 1 is 1.42 bits per heavy atom. The number of hydrogen-bond donors (Lipinski definition) is 2. The maximum absolute atomic E-state index is 11.0. The smallest absolute Gasteiger partial charge is 0.335 e. The minimum absolute atomic E-state index is 0.202. The van der Waals surface area contributed by atoms with Gasteiger partial charge in [-0.05, 0) is 56.4 Å². The molecule has 1 aliphatic rings. The van der Waals surface area contributed by atoms with E-state index in [2.05, 4.69) is 4.90 Å². The quantitative estimate of drug-likeness (QED) is 0.876. The van der Waals surface area contributed by atoms with Crippen molar-refractivity contribution in [2.24, 2.45) is 0 Å². The van der Waals surface area contributed by atoms with E-state index in [0.29, 0.717) is 11.6 Å². The van der Waals surface area contributed by atoms with Crippen molar-refractivity contribution in [2.75, 3.05) is 18.1 Å². The number of piperidine rings is 1. The molecule has 1 fully saturated rings. The fraction of sp³-hybridized carbons (Fsp3) is 0.533. The van der Waals surface area contributed by atoms with Crippen molar-refractivity contribution in [3.05, 3.63) is 29.3 Å². The third-order valence-corrected chi connectivity index (χ3v) is 3.86. The molecule has 0 radical (unpaired) electrons. The molecular weight excluding hydrogens is 242 g/mol. The van der Waals surface area contributed by atoms with Gasteiger partial charge in [0, 0.05) is 24.9 Å². The Morgan fingerprint density at radius 3 is 2.84 bits per heavy atom. The molecule has 1 saturated heterocycles. The highest BCUT2D eigenvalue weighted by Gasteiger charge is 2.22. The Labute approximate surface area is 113 Å². The Morgan fingerprint density at radius 2 is 2.21 bits per heavy atom. The topological polar surface area (TPSA) is 60.8 Å². The molecule has 2 N–H and O–H groups in total. The fourth-order valence-electron chi connectivity index (χ4n) is 2.86. The van der Waals surface area contributed by atoms with Gasteiger partial charge in [0.15, 0.2) is 0 Å². The molecule has 1 aliphatic heterocycles. The summed E-state index contributed by atoms with van der Waals surface area (Å²) in [6, 6.07) is 5.87. The third kappa shape index (κ3) is 3.07. The number of aliphatic hydroxyl groups is 1. The van der Waals surface area contributed by atoms with Crippen LogP contribution in [-0.4, -0.2) is 35.4 Å².